The Morgan fingerprint density at radius 2 is 1.94 bits per heavy atom. The Labute approximate surface area is 184 Å². The fraction of sp³-hybridized carbons (Fsp3) is 0.217. The first-order valence-electron chi connectivity index (χ1n) is 10.2. The molecule has 156 valence electrons. The molecule has 3 aromatic heterocycles. The molecule has 4 heterocycles. The molecular formula is C23H22N6OS. The SMILES string of the molecule is COCCCN[C@@H]1c2cc(-c3ccccc3)cnc2Sc2nc(-c3cccnc3)nn21. The van der Waals surface area contributed by atoms with Crippen LogP contribution in [0.25, 0.3) is 22.5 Å². The molecule has 4 aromatic rings. The number of benzene rings is 1. The minimum Gasteiger partial charge on any atom is -0.385 e. The van der Waals surface area contributed by atoms with Crippen LogP contribution in [0.2, 0.25) is 0 Å². The zero-order valence-electron chi connectivity index (χ0n) is 17.1. The number of methoxy groups -OCH3 is 1. The molecule has 1 N–H and O–H groups in total. The van der Waals surface area contributed by atoms with Gasteiger partial charge in [0.25, 0.3) is 0 Å². The summed E-state index contributed by atoms with van der Waals surface area (Å²) in [6.07, 6.45) is 6.21. The molecule has 0 unspecified atom stereocenters. The lowest BCUT2D eigenvalue weighted by Crippen LogP contribution is -2.32. The minimum atomic E-state index is -0.155. The number of nitrogens with one attached hydrogen (secondary N) is 1. The normalized spacial score (nSPS) is 14.8. The zero-order valence-corrected chi connectivity index (χ0v) is 17.9. The van der Waals surface area contributed by atoms with Gasteiger partial charge in [-0.2, -0.15) is 0 Å². The van der Waals surface area contributed by atoms with E-state index in [4.69, 9.17) is 19.8 Å². The average Bonchev–Trinajstić information content (AvgIpc) is 3.26. The number of hydrogen-bond donors (Lipinski definition) is 1. The maximum atomic E-state index is 5.21. The van der Waals surface area contributed by atoms with Gasteiger partial charge in [-0.25, -0.2) is 14.6 Å². The van der Waals surface area contributed by atoms with Crippen LogP contribution in [0.1, 0.15) is 18.2 Å². The first-order chi connectivity index (χ1) is 15.3. The highest BCUT2D eigenvalue weighted by atomic mass is 32.2. The van der Waals surface area contributed by atoms with Gasteiger partial charge in [-0.3, -0.25) is 10.3 Å². The average molecular weight is 431 g/mol. The third kappa shape index (κ3) is 4.10. The molecule has 1 aliphatic heterocycles. The van der Waals surface area contributed by atoms with Crippen molar-refractivity contribution < 1.29 is 4.74 Å². The molecule has 31 heavy (non-hydrogen) atoms. The molecule has 0 amide bonds. The number of rotatable bonds is 7. The van der Waals surface area contributed by atoms with Crippen molar-refractivity contribution in [3.63, 3.8) is 0 Å². The highest BCUT2D eigenvalue weighted by molar-refractivity contribution is 7.99. The first kappa shape index (κ1) is 19.9. The molecule has 8 heteroatoms. The zero-order chi connectivity index (χ0) is 21.0. The molecule has 0 fully saturated rings. The van der Waals surface area contributed by atoms with Crippen molar-refractivity contribution in [2.24, 2.45) is 0 Å². The van der Waals surface area contributed by atoms with E-state index in [1.54, 1.807) is 31.3 Å². The highest BCUT2D eigenvalue weighted by Gasteiger charge is 2.30. The molecule has 0 radical (unpaired) electrons. The van der Waals surface area contributed by atoms with Gasteiger partial charge in [-0.15, -0.1) is 5.10 Å². The van der Waals surface area contributed by atoms with Crippen molar-refractivity contribution >= 4 is 11.8 Å². The Bertz CT molecular complexity index is 1170. The molecule has 1 aliphatic rings. The minimum absolute atomic E-state index is 0.155. The predicted octanol–water partition coefficient (Wildman–Crippen LogP) is 4.04. The summed E-state index contributed by atoms with van der Waals surface area (Å²) in [7, 11) is 1.72. The molecular weight excluding hydrogens is 408 g/mol. The molecule has 0 bridgehead atoms. The summed E-state index contributed by atoms with van der Waals surface area (Å²) in [6, 6.07) is 16.4. The van der Waals surface area contributed by atoms with Crippen LogP contribution in [0.5, 0.6) is 0 Å². The Kier molecular flexibility index (Phi) is 5.75. The van der Waals surface area contributed by atoms with E-state index in [0.717, 1.165) is 45.4 Å². The van der Waals surface area contributed by atoms with E-state index in [1.165, 1.54) is 0 Å². The third-order valence-corrected chi connectivity index (χ3v) is 6.09. The Hall–Kier alpha value is -3.07. The van der Waals surface area contributed by atoms with Crippen LogP contribution in [-0.4, -0.2) is 45.0 Å². The van der Waals surface area contributed by atoms with Crippen molar-refractivity contribution in [2.45, 2.75) is 22.8 Å². The quantitative estimate of drug-likeness (QED) is 0.443. The Morgan fingerprint density at radius 1 is 1.06 bits per heavy atom. The van der Waals surface area contributed by atoms with Gasteiger partial charge in [0.1, 0.15) is 11.2 Å². The van der Waals surface area contributed by atoms with E-state index >= 15 is 0 Å². The van der Waals surface area contributed by atoms with Gasteiger partial charge in [0, 0.05) is 49.0 Å². The number of ether oxygens (including phenoxy) is 1. The van der Waals surface area contributed by atoms with E-state index in [2.05, 4.69) is 28.5 Å². The number of pyridine rings is 2. The van der Waals surface area contributed by atoms with Gasteiger partial charge < -0.3 is 4.74 Å². The second kappa shape index (κ2) is 8.97. The molecule has 7 nitrogen and oxygen atoms in total. The van der Waals surface area contributed by atoms with Gasteiger partial charge in [0.2, 0.25) is 0 Å². The lowest BCUT2D eigenvalue weighted by atomic mass is 10.0. The largest absolute Gasteiger partial charge is 0.385 e. The van der Waals surface area contributed by atoms with Crippen LogP contribution < -0.4 is 5.32 Å². The van der Waals surface area contributed by atoms with Gasteiger partial charge in [-0.1, -0.05) is 30.3 Å². The van der Waals surface area contributed by atoms with Gasteiger partial charge in [0.15, 0.2) is 11.0 Å². The van der Waals surface area contributed by atoms with Crippen molar-refractivity contribution in [3.05, 3.63) is 72.7 Å². The summed E-state index contributed by atoms with van der Waals surface area (Å²) >= 11 is 1.54. The molecule has 0 saturated carbocycles. The van der Waals surface area contributed by atoms with Crippen LogP contribution in [0.3, 0.4) is 0 Å². The smallest absolute Gasteiger partial charge is 0.194 e. The second-order valence-electron chi connectivity index (χ2n) is 7.19. The Morgan fingerprint density at radius 3 is 2.74 bits per heavy atom. The summed E-state index contributed by atoms with van der Waals surface area (Å²) in [5, 5.41) is 10.2. The molecule has 0 aliphatic carbocycles. The standard InChI is InChI=1S/C23H22N6OS/c1-30-12-6-11-25-21-19-13-18(16-7-3-2-4-8-16)15-26-22(19)31-23-27-20(28-29(21)23)17-9-5-10-24-14-17/h2-5,7-10,13-15,21,25H,6,11-12H2,1H3/t21-/m0/s1. The summed E-state index contributed by atoms with van der Waals surface area (Å²) < 4.78 is 7.17. The van der Waals surface area contributed by atoms with Gasteiger partial charge in [-0.05, 0) is 48.5 Å². The monoisotopic (exact) mass is 430 g/mol. The predicted molar refractivity (Wildman–Crippen MR) is 120 cm³/mol. The molecule has 1 atom stereocenters. The summed E-state index contributed by atoms with van der Waals surface area (Å²) in [5.74, 6) is 0.662. The van der Waals surface area contributed by atoms with E-state index in [1.807, 2.05) is 41.2 Å². The first-order valence-corrected chi connectivity index (χ1v) is 11.0. The molecule has 5 rings (SSSR count). The fourth-order valence-electron chi connectivity index (χ4n) is 3.57. The maximum absolute atomic E-state index is 5.21. The van der Waals surface area contributed by atoms with Crippen molar-refractivity contribution in [2.75, 3.05) is 20.3 Å². The van der Waals surface area contributed by atoms with Crippen LogP contribution in [0.4, 0.5) is 0 Å². The second-order valence-corrected chi connectivity index (χ2v) is 8.15. The van der Waals surface area contributed by atoms with Gasteiger partial charge in [0.05, 0.1) is 0 Å². The summed E-state index contributed by atoms with van der Waals surface area (Å²) in [4.78, 5) is 13.7. The van der Waals surface area contributed by atoms with Crippen molar-refractivity contribution in [1.82, 2.24) is 30.0 Å². The number of nitrogens with zero attached hydrogens (tertiary/aromatic N) is 5. The lowest BCUT2D eigenvalue weighted by molar-refractivity contribution is 0.191. The fourth-order valence-corrected chi connectivity index (χ4v) is 4.51. The van der Waals surface area contributed by atoms with Crippen LogP contribution >= 0.6 is 11.8 Å². The lowest BCUT2D eigenvalue weighted by Gasteiger charge is -2.26. The van der Waals surface area contributed by atoms with E-state index in [9.17, 15) is 0 Å². The van der Waals surface area contributed by atoms with Gasteiger partial charge >= 0.3 is 0 Å². The third-order valence-electron chi connectivity index (χ3n) is 5.10. The maximum Gasteiger partial charge on any atom is 0.194 e. The molecule has 0 saturated heterocycles. The van der Waals surface area contributed by atoms with E-state index in [-0.39, 0.29) is 6.17 Å². The number of fused-ring (bicyclic) bond motifs is 2. The molecule has 0 spiro atoms. The highest BCUT2D eigenvalue weighted by Crippen LogP contribution is 2.40. The van der Waals surface area contributed by atoms with Crippen LogP contribution in [0.15, 0.2) is 77.3 Å². The van der Waals surface area contributed by atoms with Crippen LogP contribution in [-0.2, 0) is 4.74 Å². The van der Waals surface area contributed by atoms with Crippen molar-refractivity contribution in [3.8, 4) is 22.5 Å². The Balaban J connectivity index is 1.54. The number of hydrogen-bond acceptors (Lipinski definition) is 7. The molecule has 1 aromatic carbocycles. The summed E-state index contributed by atoms with van der Waals surface area (Å²) in [6.45, 7) is 1.49. The topological polar surface area (TPSA) is 77.8 Å². The van der Waals surface area contributed by atoms with E-state index in [0.29, 0.717) is 12.4 Å². The summed E-state index contributed by atoms with van der Waals surface area (Å²) in [5.41, 5.74) is 4.21. The number of aromatic nitrogens is 5. The van der Waals surface area contributed by atoms with Crippen molar-refractivity contribution in [1.29, 1.82) is 0 Å². The van der Waals surface area contributed by atoms with E-state index < -0.39 is 0 Å². The van der Waals surface area contributed by atoms with Crippen LogP contribution in [0, 0.1) is 0 Å².